The Morgan fingerprint density at radius 1 is 1.47 bits per heavy atom. The molecule has 1 aliphatic rings. The van der Waals surface area contributed by atoms with E-state index in [1.54, 1.807) is 10.4 Å². The van der Waals surface area contributed by atoms with Gasteiger partial charge in [-0.15, -0.1) is 0 Å². The van der Waals surface area contributed by atoms with E-state index < -0.39 is 10.0 Å². The fourth-order valence-corrected chi connectivity index (χ4v) is 4.69. The zero-order valence-electron chi connectivity index (χ0n) is 11.1. The van der Waals surface area contributed by atoms with Gasteiger partial charge < -0.3 is 4.74 Å². The lowest BCUT2D eigenvalue weighted by Gasteiger charge is -2.34. The van der Waals surface area contributed by atoms with Crippen molar-refractivity contribution < 1.29 is 13.2 Å². The third-order valence-electron chi connectivity index (χ3n) is 3.38. The summed E-state index contributed by atoms with van der Waals surface area (Å²) in [5.74, 6) is 0. The third kappa shape index (κ3) is 3.02. The molecule has 0 aliphatic carbocycles. The first-order valence-electron chi connectivity index (χ1n) is 6.32. The Labute approximate surface area is 122 Å². The molecule has 1 saturated heterocycles. The van der Waals surface area contributed by atoms with E-state index in [2.05, 4.69) is 15.9 Å². The lowest BCUT2D eigenvalue weighted by molar-refractivity contribution is 0.0314. The van der Waals surface area contributed by atoms with Crippen LogP contribution in [0.3, 0.4) is 0 Å². The minimum Gasteiger partial charge on any atom is -0.378 e. The molecular formula is C13H18BrNO3S. The molecule has 6 heteroatoms. The van der Waals surface area contributed by atoms with Gasteiger partial charge in [-0.3, -0.25) is 0 Å². The maximum atomic E-state index is 12.8. The predicted molar refractivity (Wildman–Crippen MR) is 77.7 cm³/mol. The molecule has 1 aromatic rings. The maximum absolute atomic E-state index is 12.8. The average Bonchev–Trinajstić information content (AvgIpc) is 2.41. The van der Waals surface area contributed by atoms with Crippen LogP contribution >= 0.6 is 15.9 Å². The molecule has 106 valence electrons. The molecule has 2 rings (SSSR count). The maximum Gasteiger partial charge on any atom is 0.243 e. The normalized spacial score (nSPS) is 21.5. The molecule has 1 heterocycles. The Morgan fingerprint density at radius 2 is 2.21 bits per heavy atom. The quantitative estimate of drug-likeness (QED) is 0.844. The van der Waals surface area contributed by atoms with Gasteiger partial charge in [-0.05, 0) is 31.0 Å². The molecule has 4 nitrogen and oxygen atoms in total. The van der Waals surface area contributed by atoms with E-state index in [-0.39, 0.29) is 6.04 Å². The molecule has 0 aromatic heterocycles. The SMILES string of the molecule is CCC1COCCN1S(=O)(=O)c1cc(Br)ccc1C. The molecular weight excluding hydrogens is 330 g/mol. The van der Waals surface area contributed by atoms with Gasteiger partial charge in [-0.2, -0.15) is 4.31 Å². The Bertz CT molecular complexity index is 559. The van der Waals surface area contributed by atoms with Crippen LogP contribution in [0, 0.1) is 6.92 Å². The fourth-order valence-electron chi connectivity index (χ4n) is 2.26. The highest BCUT2D eigenvalue weighted by Gasteiger charge is 2.33. The summed E-state index contributed by atoms with van der Waals surface area (Å²) in [4.78, 5) is 0.377. The van der Waals surface area contributed by atoms with Crippen LogP contribution in [0.25, 0.3) is 0 Å². The molecule has 1 aromatic carbocycles. The van der Waals surface area contributed by atoms with E-state index in [1.807, 2.05) is 26.0 Å². The number of rotatable bonds is 3. The van der Waals surface area contributed by atoms with E-state index in [9.17, 15) is 8.42 Å². The predicted octanol–water partition coefficient (Wildman–Crippen LogP) is 2.56. The van der Waals surface area contributed by atoms with E-state index in [1.165, 1.54) is 0 Å². The molecule has 0 bridgehead atoms. The third-order valence-corrected chi connectivity index (χ3v) is 5.97. The van der Waals surface area contributed by atoms with Gasteiger partial charge in [0.05, 0.1) is 18.1 Å². The van der Waals surface area contributed by atoms with Crippen molar-refractivity contribution in [3.63, 3.8) is 0 Å². The van der Waals surface area contributed by atoms with Crippen molar-refractivity contribution in [3.05, 3.63) is 28.2 Å². The number of aryl methyl sites for hydroxylation is 1. The standard InChI is InChI=1S/C13H18BrNO3S/c1-3-12-9-18-7-6-15(12)19(16,17)13-8-11(14)5-4-10(13)2/h4-5,8,12H,3,6-7,9H2,1-2H3. The average molecular weight is 348 g/mol. The first kappa shape index (κ1) is 15.0. The van der Waals surface area contributed by atoms with Crippen LogP contribution in [0.2, 0.25) is 0 Å². The first-order valence-corrected chi connectivity index (χ1v) is 8.56. The smallest absolute Gasteiger partial charge is 0.243 e. The number of morpholine rings is 1. The van der Waals surface area contributed by atoms with E-state index in [4.69, 9.17) is 4.74 Å². The van der Waals surface area contributed by atoms with Gasteiger partial charge in [-0.1, -0.05) is 28.9 Å². The van der Waals surface area contributed by atoms with Gasteiger partial charge in [0.2, 0.25) is 10.0 Å². The van der Waals surface area contributed by atoms with E-state index >= 15 is 0 Å². The number of sulfonamides is 1. The van der Waals surface area contributed by atoms with Crippen LogP contribution in [-0.2, 0) is 14.8 Å². The van der Waals surface area contributed by atoms with Crippen molar-refractivity contribution >= 4 is 26.0 Å². The van der Waals surface area contributed by atoms with Crippen molar-refractivity contribution in [3.8, 4) is 0 Å². The molecule has 1 atom stereocenters. The highest BCUT2D eigenvalue weighted by Crippen LogP contribution is 2.27. The highest BCUT2D eigenvalue weighted by molar-refractivity contribution is 9.10. The van der Waals surface area contributed by atoms with Crippen LogP contribution in [0.15, 0.2) is 27.6 Å². The van der Waals surface area contributed by atoms with Crippen molar-refractivity contribution in [1.29, 1.82) is 0 Å². The van der Waals surface area contributed by atoms with Crippen LogP contribution in [-0.4, -0.2) is 38.5 Å². The summed E-state index contributed by atoms with van der Waals surface area (Å²) < 4.78 is 33.3. The van der Waals surface area contributed by atoms with Gasteiger partial charge in [0.25, 0.3) is 0 Å². The summed E-state index contributed by atoms with van der Waals surface area (Å²) >= 11 is 3.34. The monoisotopic (exact) mass is 347 g/mol. The van der Waals surface area contributed by atoms with Crippen LogP contribution in [0.5, 0.6) is 0 Å². The molecule has 0 N–H and O–H groups in total. The van der Waals surface area contributed by atoms with Gasteiger partial charge in [0.15, 0.2) is 0 Å². The van der Waals surface area contributed by atoms with Gasteiger partial charge in [0.1, 0.15) is 0 Å². The largest absolute Gasteiger partial charge is 0.378 e. The highest BCUT2D eigenvalue weighted by atomic mass is 79.9. The second kappa shape index (κ2) is 5.91. The second-order valence-electron chi connectivity index (χ2n) is 4.66. The number of benzene rings is 1. The molecule has 0 radical (unpaired) electrons. The van der Waals surface area contributed by atoms with Crippen molar-refractivity contribution in [2.45, 2.75) is 31.2 Å². The van der Waals surface area contributed by atoms with Gasteiger partial charge >= 0.3 is 0 Å². The lowest BCUT2D eigenvalue weighted by atomic mass is 10.2. The number of halogens is 1. The lowest BCUT2D eigenvalue weighted by Crippen LogP contribution is -2.48. The second-order valence-corrected chi connectivity index (χ2v) is 7.44. The van der Waals surface area contributed by atoms with E-state index in [0.717, 1.165) is 16.5 Å². The summed E-state index contributed by atoms with van der Waals surface area (Å²) in [7, 11) is -3.45. The summed E-state index contributed by atoms with van der Waals surface area (Å²) in [6.07, 6.45) is 0.756. The Hall–Kier alpha value is -0.430. The van der Waals surface area contributed by atoms with Gasteiger partial charge in [0, 0.05) is 17.1 Å². The topological polar surface area (TPSA) is 46.6 Å². The Morgan fingerprint density at radius 3 is 2.89 bits per heavy atom. The van der Waals surface area contributed by atoms with Crippen LogP contribution in [0.4, 0.5) is 0 Å². The number of nitrogens with zero attached hydrogens (tertiary/aromatic N) is 1. The zero-order valence-corrected chi connectivity index (χ0v) is 13.5. The molecule has 19 heavy (non-hydrogen) atoms. The molecule has 1 aliphatic heterocycles. The van der Waals surface area contributed by atoms with E-state index in [0.29, 0.717) is 24.7 Å². The fraction of sp³-hybridized carbons (Fsp3) is 0.538. The molecule has 0 saturated carbocycles. The molecule has 1 unspecified atom stereocenters. The van der Waals surface area contributed by atoms with Crippen molar-refractivity contribution in [2.24, 2.45) is 0 Å². The minimum atomic E-state index is -3.45. The Kier molecular flexibility index (Phi) is 4.66. The summed E-state index contributed by atoms with van der Waals surface area (Å²) in [5.41, 5.74) is 0.768. The summed E-state index contributed by atoms with van der Waals surface area (Å²) in [5, 5.41) is 0. The van der Waals surface area contributed by atoms with Gasteiger partial charge in [-0.25, -0.2) is 8.42 Å². The Balaban J connectivity index is 2.43. The van der Waals surface area contributed by atoms with Crippen LogP contribution in [0.1, 0.15) is 18.9 Å². The molecule has 1 fully saturated rings. The summed E-state index contributed by atoms with van der Waals surface area (Å²) in [6, 6.07) is 5.27. The number of hydrogen-bond donors (Lipinski definition) is 0. The number of hydrogen-bond acceptors (Lipinski definition) is 3. The minimum absolute atomic E-state index is 0.0721. The van der Waals surface area contributed by atoms with Crippen molar-refractivity contribution in [1.82, 2.24) is 4.31 Å². The number of ether oxygens (including phenoxy) is 1. The molecule has 0 spiro atoms. The van der Waals surface area contributed by atoms with Crippen LogP contribution < -0.4 is 0 Å². The zero-order chi connectivity index (χ0) is 14.0. The van der Waals surface area contributed by atoms with Crippen molar-refractivity contribution in [2.75, 3.05) is 19.8 Å². The summed E-state index contributed by atoms with van der Waals surface area (Å²) in [6.45, 7) is 5.16. The first-order chi connectivity index (χ1) is 8.96. The molecule has 0 amide bonds.